The molecule has 5 nitrogen and oxygen atoms in total. The first-order valence-electron chi connectivity index (χ1n) is 3.14. The fraction of sp³-hybridized carbons (Fsp3) is 0.400. The minimum absolute atomic E-state index is 0.0189. The van der Waals surface area contributed by atoms with E-state index < -0.39 is 0 Å². The Kier molecular flexibility index (Phi) is 3.46. The van der Waals surface area contributed by atoms with Gasteiger partial charge in [0.15, 0.2) is 10.3 Å². The molecular formula is C5H6Cl2N4O. The van der Waals surface area contributed by atoms with Crippen molar-refractivity contribution in [2.45, 2.75) is 0 Å². The molecule has 1 heterocycles. The molecule has 1 aromatic heterocycles. The standard InChI is InChI=1S/C5H6Cl2N4O/c6-4-3(8-1-2-12)5(7)10-11-9-4/h12H,1-2H2,(H,8,11). The molecule has 2 N–H and O–H groups in total. The van der Waals surface area contributed by atoms with E-state index in [9.17, 15) is 0 Å². The van der Waals surface area contributed by atoms with Crippen LogP contribution in [0.4, 0.5) is 5.69 Å². The Morgan fingerprint density at radius 3 is 2.33 bits per heavy atom. The van der Waals surface area contributed by atoms with Gasteiger partial charge in [-0.25, -0.2) is 0 Å². The molecule has 0 atom stereocenters. The number of hydrogen-bond acceptors (Lipinski definition) is 5. The molecule has 0 aliphatic rings. The highest BCUT2D eigenvalue weighted by Gasteiger charge is 2.07. The van der Waals surface area contributed by atoms with Crippen LogP contribution in [0.2, 0.25) is 10.3 Å². The Morgan fingerprint density at radius 1 is 1.25 bits per heavy atom. The zero-order valence-electron chi connectivity index (χ0n) is 5.96. The van der Waals surface area contributed by atoms with Gasteiger partial charge in [-0.15, -0.1) is 10.2 Å². The van der Waals surface area contributed by atoms with Crippen LogP contribution < -0.4 is 5.32 Å². The van der Waals surface area contributed by atoms with Crippen LogP contribution >= 0.6 is 23.2 Å². The predicted molar refractivity (Wildman–Crippen MR) is 45.4 cm³/mol. The zero-order chi connectivity index (χ0) is 8.97. The summed E-state index contributed by atoms with van der Waals surface area (Å²) in [7, 11) is 0. The van der Waals surface area contributed by atoms with Gasteiger partial charge in [-0.2, -0.15) is 0 Å². The molecule has 0 spiro atoms. The van der Waals surface area contributed by atoms with Gasteiger partial charge in [0.1, 0.15) is 5.69 Å². The van der Waals surface area contributed by atoms with E-state index in [1.807, 2.05) is 0 Å². The molecule has 0 radical (unpaired) electrons. The largest absolute Gasteiger partial charge is 0.395 e. The molecule has 66 valence electrons. The third-order valence-electron chi connectivity index (χ3n) is 1.09. The molecule has 0 bridgehead atoms. The Morgan fingerprint density at radius 2 is 1.83 bits per heavy atom. The summed E-state index contributed by atoms with van der Waals surface area (Å²) in [6.07, 6.45) is 0. The Bertz CT molecular complexity index is 249. The third kappa shape index (κ3) is 2.17. The summed E-state index contributed by atoms with van der Waals surface area (Å²) in [6.45, 7) is 0.321. The molecule has 0 saturated heterocycles. The molecule has 0 aromatic carbocycles. The topological polar surface area (TPSA) is 70.9 Å². The molecule has 0 fully saturated rings. The third-order valence-corrected chi connectivity index (χ3v) is 1.62. The van der Waals surface area contributed by atoms with Crippen molar-refractivity contribution in [2.75, 3.05) is 18.5 Å². The van der Waals surface area contributed by atoms with Gasteiger partial charge in [-0.05, 0) is 5.21 Å². The normalized spacial score (nSPS) is 9.92. The maximum absolute atomic E-state index is 8.50. The second-order valence-electron chi connectivity index (χ2n) is 1.90. The average Bonchev–Trinajstić information content (AvgIpc) is 2.04. The quantitative estimate of drug-likeness (QED) is 0.761. The highest BCUT2D eigenvalue weighted by molar-refractivity contribution is 6.37. The molecular weight excluding hydrogens is 203 g/mol. The van der Waals surface area contributed by atoms with Crippen LogP contribution in [0.5, 0.6) is 0 Å². The zero-order valence-corrected chi connectivity index (χ0v) is 7.47. The SMILES string of the molecule is OCCNc1c(Cl)nnnc1Cl. The van der Waals surface area contributed by atoms with E-state index in [1.165, 1.54) is 0 Å². The van der Waals surface area contributed by atoms with Gasteiger partial charge in [0, 0.05) is 6.54 Å². The number of halogens is 2. The number of aliphatic hydroxyl groups excluding tert-OH is 1. The van der Waals surface area contributed by atoms with Crippen molar-refractivity contribution >= 4 is 28.9 Å². The lowest BCUT2D eigenvalue weighted by molar-refractivity contribution is 0.311. The van der Waals surface area contributed by atoms with E-state index in [4.69, 9.17) is 28.3 Å². The second-order valence-corrected chi connectivity index (χ2v) is 2.61. The lowest BCUT2D eigenvalue weighted by Crippen LogP contribution is -2.08. The van der Waals surface area contributed by atoms with Crippen molar-refractivity contribution in [1.29, 1.82) is 0 Å². The highest BCUT2D eigenvalue weighted by Crippen LogP contribution is 2.24. The minimum Gasteiger partial charge on any atom is -0.395 e. The number of aromatic nitrogens is 3. The summed E-state index contributed by atoms with van der Waals surface area (Å²) in [5.41, 5.74) is 0.391. The number of aliphatic hydroxyl groups is 1. The summed E-state index contributed by atoms with van der Waals surface area (Å²) in [5, 5.41) is 21.8. The summed E-state index contributed by atoms with van der Waals surface area (Å²) in [5.74, 6) is 0. The van der Waals surface area contributed by atoms with Gasteiger partial charge in [-0.3, -0.25) is 0 Å². The van der Waals surface area contributed by atoms with Crippen molar-refractivity contribution < 1.29 is 5.11 Å². The van der Waals surface area contributed by atoms with Gasteiger partial charge < -0.3 is 10.4 Å². The molecule has 0 saturated carbocycles. The monoisotopic (exact) mass is 208 g/mol. The second kappa shape index (κ2) is 4.39. The summed E-state index contributed by atoms with van der Waals surface area (Å²) in [6, 6.07) is 0. The average molecular weight is 209 g/mol. The van der Waals surface area contributed by atoms with Crippen molar-refractivity contribution in [3.8, 4) is 0 Å². The molecule has 1 rings (SSSR count). The first-order chi connectivity index (χ1) is 5.75. The minimum atomic E-state index is -0.0189. The van der Waals surface area contributed by atoms with Gasteiger partial charge in [-0.1, -0.05) is 23.2 Å². The molecule has 0 aliphatic carbocycles. The Labute approximate surface area is 78.7 Å². The van der Waals surface area contributed by atoms with E-state index in [0.29, 0.717) is 12.2 Å². The van der Waals surface area contributed by atoms with Gasteiger partial charge >= 0.3 is 0 Å². The van der Waals surface area contributed by atoms with E-state index in [1.54, 1.807) is 0 Å². The number of nitrogens with zero attached hydrogens (tertiary/aromatic N) is 3. The summed E-state index contributed by atoms with van der Waals surface area (Å²) < 4.78 is 0. The van der Waals surface area contributed by atoms with Crippen LogP contribution in [0, 0.1) is 0 Å². The molecule has 0 unspecified atom stereocenters. The van der Waals surface area contributed by atoms with Crippen molar-refractivity contribution in [3.05, 3.63) is 10.3 Å². The van der Waals surface area contributed by atoms with E-state index in [-0.39, 0.29) is 16.9 Å². The maximum atomic E-state index is 8.50. The van der Waals surface area contributed by atoms with Crippen LogP contribution in [0.15, 0.2) is 0 Å². The van der Waals surface area contributed by atoms with Crippen LogP contribution in [-0.2, 0) is 0 Å². The Balaban J connectivity index is 2.81. The van der Waals surface area contributed by atoms with E-state index >= 15 is 0 Å². The van der Waals surface area contributed by atoms with Gasteiger partial charge in [0.25, 0.3) is 0 Å². The number of nitrogens with one attached hydrogen (secondary N) is 1. The smallest absolute Gasteiger partial charge is 0.179 e. The van der Waals surface area contributed by atoms with E-state index in [0.717, 1.165) is 0 Å². The van der Waals surface area contributed by atoms with Gasteiger partial charge in [0.2, 0.25) is 0 Å². The van der Waals surface area contributed by atoms with Crippen molar-refractivity contribution in [3.63, 3.8) is 0 Å². The first kappa shape index (κ1) is 9.44. The lowest BCUT2D eigenvalue weighted by Gasteiger charge is -2.04. The highest BCUT2D eigenvalue weighted by atomic mass is 35.5. The molecule has 12 heavy (non-hydrogen) atoms. The first-order valence-corrected chi connectivity index (χ1v) is 3.90. The summed E-state index contributed by atoms with van der Waals surface area (Å²) >= 11 is 11.2. The lowest BCUT2D eigenvalue weighted by atomic mass is 10.5. The van der Waals surface area contributed by atoms with Crippen molar-refractivity contribution in [1.82, 2.24) is 15.4 Å². The number of anilines is 1. The van der Waals surface area contributed by atoms with E-state index in [2.05, 4.69) is 20.7 Å². The van der Waals surface area contributed by atoms with Crippen LogP contribution in [0.3, 0.4) is 0 Å². The number of rotatable bonds is 3. The fourth-order valence-corrected chi connectivity index (χ4v) is 1.04. The molecule has 0 amide bonds. The fourth-order valence-electron chi connectivity index (χ4n) is 0.613. The van der Waals surface area contributed by atoms with Gasteiger partial charge in [0.05, 0.1) is 6.61 Å². The predicted octanol–water partition coefficient (Wildman–Crippen LogP) is 0.583. The molecule has 0 aliphatic heterocycles. The van der Waals surface area contributed by atoms with Crippen molar-refractivity contribution in [2.24, 2.45) is 0 Å². The van der Waals surface area contributed by atoms with Crippen LogP contribution in [0.1, 0.15) is 0 Å². The number of hydrogen-bond donors (Lipinski definition) is 2. The summed E-state index contributed by atoms with van der Waals surface area (Å²) in [4.78, 5) is 0. The molecule has 1 aromatic rings. The van der Waals surface area contributed by atoms with Crippen LogP contribution in [-0.4, -0.2) is 33.7 Å². The van der Waals surface area contributed by atoms with Crippen LogP contribution in [0.25, 0.3) is 0 Å². The molecule has 7 heteroatoms. The Hall–Kier alpha value is -0.650. The maximum Gasteiger partial charge on any atom is 0.179 e.